The van der Waals surface area contributed by atoms with Gasteiger partial charge in [0.1, 0.15) is 23.7 Å². The summed E-state index contributed by atoms with van der Waals surface area (Å²) < 4.78 is 6.45. The second-order valence-electron chi connectivity index (χ2n) is 5.36. The van der Waals surface area contributed by atoms with Crippen molar-refractivity contribution >= 4 is 33.2 Å². The highest BCUT2D eigenvalue weighted by molar-refractivity contribution is 7.17. The van der Waals surface area contributed by atoms with Crippen molar-refractivity contribution in [3.8, 4) is 5.75 Å². The van der Waals surface area contributed by atoms with Crippen molar-refractivity contribution in [3.63, 3.8) is 0 Å². The lowest BCUT2D eigenvalue weighted by molar-refractivity contribution is 0.414. The van der Waals surface area contributed by atoms with Gasteiger partial charge in [-0.1, -0.05) is 0 Å². The minimum absolute atomic E-state index is 0.841. The predicted molar refractivity (Wildman–Crippen MR) is 92.6 cm³/mol. The molecule has 1 aliphatic rings. The van der Waals surface area contributed by atoms with Crippen LogP contribution < -0.4 is 14.5 Å². The molecule has 6 nitrogen and oxygen atoms in total. The van der Waals surface area contributed by atoms with Crippen LogP contribution in [0.3, 0.4) is 0 Å². The zero-order chi connectivity index (χ0) is 15.6. The first kappa shape index (κ1) is 14.2. The maximum atomic E-state index is 5.28. The first-order valence-corrected chi connectivity index (χ1v) is 8.41. The van der Waals surface area contributed by atoms with E-state index in [2.05, 4.69) is 30.1 Å². The molecule has 0 aliphatic carbocycles. The quantitative estimate of drug-likeness (QED) is 0.736. The average Bonchev–Trinajstić information content (AvgIpc) is 3.11. The van der Waals surface area contributed by atoms with Crippen LogP contribution in [0.15, 0.2) is 36.1 Å². The van der Waals surface area contributed by atoms with Crippen LogP contribution in [0, 0.1) is 0 Å². The van der Waals surface area contributed by atoms with E-state index in [1.54, 1.807) is 31.0 Å². The number of hydrogen-bond acceptors (Lipinski definition) is 7. The minimum Gasteiger partial charge on any atom is -0.497 e. The molecular formula is C16H17N5OS. The zero-order valence-electron chi connectivity index (χ0n) is 12.8. The average molecular weight is 327 g/mol. The molecule has 0 unspecified atom stereocenters. The van der Waals surface area contributed by atoms with Gasteiger partial charge in [-0.2, -0.15) is 0 Å². The number of rotatable bonds is 3. The Balaban J connectivity index is 1.51. The third-order valence-electron chi connectivity index (χ3n) is 4.08. The topological polar surface area (TPSA) is 54.4 Å². The van der Waals surface area contributed by atoms with Gasteiger partial charge < -0.3 is 14.5 Å². The number of hydrogen-bond donors (Lipinski definition) is 0. The van der Waals surface area contributed by atoms with E-state index in [0.717, 1.165) is 49.1 Å². The lowest BCUT2D eigenvalue weighted by Crippen LogP contribution is -2.47. The van der Waals surface area contributed by atoms with E-state index in [0.29, 0.717) is 0 Å². The SMILES string of the molecule is COc1ccnc(N2CCN(c3ncnc4ccsc34)CC2)c1. The van der Waals surface area contributed by atoms with Crippen LogP contribution >= 0.6 is 11.3 Å². The molecule has 3 aromatic heterocycles. The van der Waals surface area contributed by atoms with Crippen LogP contribution in [0.4, 0.5) is 11.6 Å². The number of methoxy groups -OCH3 is 1. The van der Waals surface area contributed by atoms with E-state index in [9.17, 15) is 0 Å². The van der Waals surface area contributed by atoms with Gasteiger partial charge in [-0.3, -0.25) is 0 Å². The Kier molecular flexibility index (Phi) is 3.70. The molecule has 3 aromatic rings. The summed E-state index contributed by atoms with van der Waals surface area (Å²) in [6.45, 7) is 3.67. The summed E-state index contributed by atoms with van der Waals surface area (Å²) >= 11 is 1.70. The van der Waals surface area contributed by atoms with Gasteiger partial charge in [0.2, 0.25) is 0 Å². The van der Waals surface area contributed by atoms with Crippen LogP contribution in [-0.4, -0.2) is 48.2 Å². The standard InChI is InChI=1S/C16H17N5OS/c1-22-12-2-4-17-14(10-12)20-5-7-21(8-6-20)16-15-13(3-9-23-15)18-11-19-16/h2-4,9-11H,5-8H2,1H3. The smallest absolute Gasteiger partial charge is 0.150 e. The molecule has 0 spiro atoms. The molecule has 118 valence electrons. The number of fused-ring (bicyclic) bond motifs is 1. The molecule has 0 saturated carbocycles. The highest BCUT2D eigenvalue weighted by Crippen LogP contribution is 2.29. The van der Waals surface area contributed by atoms with E-state index in [4.69, 9.17) is 4.74 Å². The molecule has 0 amide bonds. The van der Waals surface area contributed by atoms with Crippen molar-refractivity contribution in [3.05, 3.63) is 36.1 Å². The Morgan fingerprint density at radius 1 is 1.04 bits per heavy atom. The van der Waals surface area contributed by atoms with Crippen molar-refractivity contribution in [2.24, 2.45) is 0 Å². The zero-order valence-corrected chi connectivity index (χ0v) is 13.7. The van der Waals surface area contributed by atoms with Crippen LogP contribution in [-0.2, 0) is 0 Å². The van der Waals surface area contributed by atoms with Gasteiger partial charge in [0.15, 0.2) is 0 Å². The third kappa shape index (κ3) is 2.68. The summed E-state index contributed by atoms with van der Waals surface area (Å²) in [6.07, 6.45) is 3.44. The lowest BCUT2D eigenvalue weighted by atomic mass is 10.3. The monoisotopic (exact) mass is 327 g/mol. The fraction of sp³-hybridized carbons (Fsp3) is 0.312. The van der Waals surface area contributed by atoms with Crippen molar-refractivity contribution in [1.82, 2.24) is 15.0 Å². The predicted octanol–water partition coefficient (Wildman–Crippen LogP) is 2.42. The van der Waals surface area contributed by atoms with Crippen LogP contribution in [0.5, 0.6) is 5.75 Å². The summed E-state index contributed by atoms with van der Waals surface area (Å²) in [4.78, 5) is 17.9. The Hall–Kier alpha value is -2.41. The molecule has 0 atom stereocenters. The molecule has 0 bridgehead atoms. The number of nitrogens with zero attached hydrogens (tertiary/aromatic N) is 5. The second-order valence-corrected chi connectivity index (χ2v) is 6.28. The normalized spacial score (nSPS) is 15.2. The Bertz CT molecular complexity index is 813. The molecule has 4 heterocycles. The maximum absolute atomic E-state index is 5.28. The van der Waals surface area contributed by atoms with E-state index in [-0.39, 0.29) is 0 Å². The van der Waals surface area contributed by atoms with Gasteiger partial charge in [-0.25, -0.2) is 15.0 Å². The van der Waals surface area contributed by atoms with Crippen molar-refractivity contribution < 1.29 is 4.74 Å². The summed E-state index contributed by atoms with van der Waals surface area (Å²) in [6, 6.07) is 5.90. The number of thiophene rings is 1. The molecule has 23 heavy (non-hydrogen) atoms. The van der Waals surface area contributed by atoms with Gasteiger partial charge in [0.05, 0.1) is 17.3 Å². The van der Waals surface area contributed by atoms with E-state index in [1.807, 2.05) is 18.2 Å². The van der Waals surface area contributed by atoms with Crippen LogP contribution in [0.1, 0.15) is 0 Å². The summed E-state index contributed by atoms with van der Waals surface area (Å²) in [5, 5.41) is 2.07. The summed E-state index contributed by atoms with van der Waals surface area (Å²) in [7, 11) is 1.68. The van der Waals surface area contributed by atoms with Crippen LogP contribution in [0.2, 0.25) is 0 Å². The highest BCUT2D eigenvalue weighted by Gasteiger charge is 2.21. The first-order chi connectivity index (χ1) is 11.3. The molecule has 1 aliphatic heterocycles. The van der Waals surface area contributed by atoms with Crippen molar-refractivity contribution in [1.29, 1.82) is 0 Å². The van der Waals surface area contributed by atoms with Gasteiger partial charge in [-0.15, -0.1) is 11.3 Å². The van der Waals surface area contributed by atoms with E-state index < -0.39 is 0 Å². The largest absolute Gasteiger partial charge is 0.497 e. The highest BCUT2D eigenvalue weighted by atomic mass is 32.1. The summed E-state index contributed by atoms with van der Waals surface area (Å²) in [5.74, 6) is 2.85. The van der Waals surface area contributed by atoms with Crippen LogP contribution in [0.25, 0.3) is 10.2 Å². The fourth-order valence-electron chi connectivity index (χ4n) is 2.85. The molecule has 4 rings (SSSR count). The molecule has 7 heteroatoms. The van der Waals surface area contributed by atoms with E-state index in [1.165, 1.54) is 4.70 Å². The number of anilines is 2. The Labute approximate surface area is 138 Å². The van der Waals surface area contributed by atoms with Gasteiger partial charge in [-0.05, 0) is 17.5 Å². The number of aromatic nitrogens is 3. The minimum atomic E-state index is 0.841. The van der Waals surface area contributed by atoms with Gasteiger partial charge in [0.25, 0.3) is 0 Å². The molecule has 0 radical (unpaired) electrons. The molecule has 1 fully saturated rings. The second kappa shape index (κ2) is 6.00. The Morgan fingerprint density at radius 3 is 2.70 bits per heavy atom. The lowest BCUT2D eigenvalue weighted by Gasteiger charge is -2.36. The van der Waals surface area contributed by atoms with Gasteiger partial charge >= 0.3 is 0 Å². The number of ether oxygens (including phenoxy) is 1. The number of pyridine rings is 1. The fourth-order valence-corrected chi connectivity index (χ4v) is 3.71. The Morgan fingerprint density at radius 2 is 1.87 bits per heavy atom. The first-order valence-electron chi connectivity index (χ1n) is 7.53. The molecular weight excluding hydrogens is 310 g/mol. The van der Waals surface area contributed by atoms with Crippen molar-refractivity contribution in [2.45, 2.75) is 0 Å². The number of piperazine rings is 1. The molecule has 0 aromatic carbocycles. The summed E-state index contributed by atoms with van der Waals surface area (Å²) in [5.41, 5.74) is 1.02. The van der Waals surface area contributed by atoms with Gasteiger partial charge in [0, 0.05) is 38.4 Å². The molecule has 1 saturated heterocycles. The van der Waals surface area contributed by atoms with Crippen molar-refractivity contribution in [2.75, 3.05) is 43.1 Å². The third-order valence-corrected chi connectivity index (χ3v) is 4.98. The molecule has 0 N–H and O–H groups in total. The maximum Gasteiger partial charge on any atom is 0.150 e. The van der Waals surface area contributed by atoms with E-state index >= 15 is 0 Å².